The van der Waals surface area contributed by atoms with E-state index in [1.54, 1.807) is 0 Å². The van der Waals surface area contributed by atoms with E-state index in [1.807, 2.05) is 0 Å². The van der Waals surface area contributed by atoms with Crippen LogP contribution in [0.25, 0.3) is 0 Å². The maximum atomic E-state index is 12.4. The van der Waals surface area contributed by atoms with Gasteiger partial charge in [-0.15, -0.1) is 0 Å². The minimum atomic E-state index is -6.41. The lowest BCUT2D eigenvalue weighted by Crippen LogP contribution is -2.52. The van der Waals surface area contributed by atoms with Gasteiger partial charge in [-0.2, -0.15) is 30.7 Å². The van der Waals surface area contributed by atoms with Gasteiger partial charge in [-0.3, -0.25) is 0 Å². The molecule has 0 spiro atoms. The molecule has 8 heteroatoms. The quantitative estimate of drug-likeness (QED) is 0.659. The van der Waals surface area contributed by atoms with Crippen LogP contribution in [0.15, 0.2) is 0 Å². The molecular formula is C7H7F8. The van der Waals surface area contributed by atoms with Gasteiger partial charge in [0.05, 0.1) is 0 Å². The first-order valence-corrected chi connectivity index (χ1v) is 3.71. The molecule has 0 aliphatic carbocycles. The Morgan fingerprint density at radius 1 is 0.933 bits per heavy atom. The van der Waals surface area contributed by atoms with Crippen LogP contribution >= 0.6 is 0 Å². The second-order valence-electron chi connectivity index (χ2n) is 2.87. The Morgan fingerprint density at radius 2 is 1.33 bits per heavy atom. The van der Waals surface area contributed by atoms with Gasteiger partial charge in [-0.1, -0.05) is 6.92 Å². The van der Waals surface area contributed by atoms with E-state index >= 15 is 0 Å². The lowest BCUT2D eigenvalue weighted by Gasteiger charge is -2.28. The van der Waals surface area contributed by atoms with Gasteiger partial charge in [0.15, 0.2) is 0 Å². The zero-order valence-electron chi connectivity index (χ0n) is 7.22. The molecule has 0 unspecified atom stereocenters. The topological polar surface area (TPSA) is 0 Å². The van der Waals surface area contributed by atoms with Crippen LogP contribution < -0.4 is 0 Å². The molecule has 0 aliphatic heterocycles. The fraction of sp³-hybridized carbons (Fsp3) is 0.857. The van der Waals surface area contributed by atoms with E-state index in [-0.39, 0.29) is 0 Å². The van der Waals surface area contributed by atoms with Crippen molar-refractivity contribution in [2.45, 2.75) is 37.0 Å². The van der Waals surface area contributed by atoms with Crippen molar-refractivity contribution in [1.82, 2.24) is 0 Å². The Labute approximate surface area is 80.3 Å². The summed E-state index contributed by atoms with van der Waals surface area (Å²) in [4.78, 5) is 0. The molecule has 0 N–H and O–H groups in total. The zero-order chi connectivity index (χ0) is 12.5. The number of halogens is 8. The fourth-order valence-electron chi connectivity index (χ4n) is 0.716. The maximum Gasteiger partial charge on any atom is 0.459 e. The van der Waals surface area contributed by atoms with Gasteiger partial charge >= 0.3 is 18.0 Å². The molecule has 0 aliphatic rings. The normalized spacial score (nSPS) is 16.6. The number of alkyl halides is 8. The number of hydrogen-bond acceptors (Lipinski definition) is 0. The third-order valence-corrected chi connectivity index (χ3v) is 1.61. The van der Waals surface area contributed by atoms with Gasteiger partial charge in [0.25, 0.3) is 0 Å². The summed E-state index contributed by atoms with van der Waals surface area (Å²) < 4.78 is 95.9. The van der Waals surface area contributed by atoms with Crippen LogP contribution in [0, 0.1) is 6.92 Å². The lowest BCUT2D eigenvalue weighted by atomic mass is 10.0. The van der Waals surface area contributed by atoms with Crippen molar-refractivity contribution in [3.8, 4) is 0 Å². The van der Waals surface area contributed by atoms with Gasteiger partial charge in [0.2, 0.25) is 0 Å². The molecule has 0 saturated heterocycles. The first-order valence-electron chi connectivity index (χ1n) is 3.71. The number of rotatable bonds is 4. The van der Waals surface area contributed by atoms with E-state index in [0.29, 0.717) is 0 Å². The third kappa shape index (κ3) is 2.94. The second kappa shape index (κ2) is 4.13. The summed E-state index contributed by atoms with van der Waals surface area (Å²) in [6.07, 6.45) is -11.9. The minimum absolute atomic E-state index is 0.802. The maximum absolute atomic E-state index is 12.4. The van der Waals surface area contributed by atoms with Crippen LogP contribution in [-0.4, -0.2) is 24.2 Å². The Hall–Kier alpha value is -0.560. The summed E-state index contributed by atoms with van der Waals surface area (Å²) in [5.74, 6) is -11.7. The van der Waals surface area contributed by atoms with Crippen molar-refractivity contribution < 1.29 is 35.1 Å². The fourth-order valence-corrected chi connectivity index (χ4v) is 0.716. The van der Waals surface area contributed by atoms with Crippen LogP contribution in [0.2, 0.25) is 0 Å². The highest BCUT2D eigenvalue weighted by molar-refractivity contribution is 4.92. The summed E-state index contributed by atoms with van der Waals surface area (Å²) in [7, 11) is 0. The largest absolute Gasteiger partial charge is 0.459 e. The molecule has 1 radical (unpaired) electrons. The average Bonchev–Trinajstić information content (AvgIpc) is 2.00. The van der Waals surface area contributed by atoms with Crippen LogP contribution in [0.1, 0.15) is 12.8 Å². The van der Waals surface area contributed by atoms with Gasteiger partial charge in [-0.25, -0.2) is 4.39 Å². The highest BCUT2D eigenvalue weighted by atomic mass is 19.4. The molecule has 0 aromatic carbocycles. The Morgan fingerprint density at radius 3 is 1.60 bits per heavy atom. The standard InChI is InChI=1S/C7H7F8/c1-2-4(8)3-5(9,10)6(11,12)7(13,14)15/h4H,1-3H2/t4-/m0/s1. The number of hydrogen-bond donors (Lipinski definition) is 0. The molecule has 91 valence electrons. The molecule has 0 rings (SSSR count). The molecule has 0 aromatic rings. The van der Waals surface area contributed by atoms with Crippen molar-refractivity contribution in [3.05, 3.63) is 6.92 Å². The smallest absolute Gasteiger partial charge is 0.247 e. The van der Waals surface area contributed by atoms with Crippen LogP contribution in [0.4, 0.5) is 35.1 Å². The molecule has 0 amide bonds. The third-order valence-electron chi connectivity index (χ3n) is 1.61. The molecule has 15 heavy (non-hydrogen) atoms. The summed E-state index contributed by atoms with van der Waals surface area (Å²) in [5, 5.41) is 0. The van der Waals surface area contributed by atoms with E-state index in [2.05, 4.69) is 6.92 Å². The minimum Gasteiger partial charge on any atom is -0.247 e. The monoisotopic (exact) mass is 243 g/mol. The van der Waals surface area contributed by atoms with E-state index in [9.17, 15) is 35.1 Å². The average molecular weight is 243 g/mol. The van der Waals surface area contributed by atoms with E-state index in [0.717, 1.165) is 0 Å². The first-order chi connectivity index (χ1) is 6.45. The van der Waals surface area contributed by atoms with Crippen molar-refractivity contribution in [1.29, 1.82) is 0 Å². The molecule has 0 heterocycles. The molecule has 1 atom stereocenters. The predicted molar refractivity (Wildman–Crippen MR) is 35.4 cm³/mol. The Balaban J connectivity index is 4.85. The van der Waals surface area contributed by atoms with Crippen molar-refractivity contribution in [2.24, 2.45) is 0 Å². The summed E-state index contributed by atoms with van der Waals surface area (Å²) >= 11 is 0. The summed E-state index contributed by atoms with van der Waals surface area (Å²) in [6, 6.07) is 0. The molecule has 0 saturated carbocycles. The van der Waals surface area contributed by atoms with Gasteiger partial charge in [-0.05, 0) is 6.42 Å². The zero-order valence-corrected chi connectivity index (χ0v) is 7.22. The predicted octanol–water partition coefficient (Wildman–Crippen LogP) is 3.77. The van der Waals surface area contributed by atoms with Gasteiger partial charge in [0.1, 0.15) is 6.17 Å². The lowest BCUT2D eigenvalue weighted by molar-refractivity contribution is -0.357. The van der Waals surface area contributed by atoms with Crippen molar-refractivity contribution >= 4 is 0 Å². The summed E-state index contributed by atoms with van der Waals surface area (Å²) in [6.45, 7) is 2.78. The van der Waals surface area contributed by atoms with E-state index in [1.165, 1.54) is 0 Å². The van der Waals surface area contributed by atoms with E-state index in [4.69, 9.17) is 0 Å². The van der Waals surface area contributed by atoms with Crippen LogP contribution in [0.5, 0.6) is 0 Å². The van der Waals surface area contributed by atoms with Gasteiger partial charge < -0.3 is 0 Å². The van der Waals surface area contributed by atoms with Crippen LogP contribution in [0.3, 0.4) is 0 Å². The van der Waals surface area contributed by atoms with Crippen LogP contribution in [-0.2, 0) is 0 Å². The van der Waals surface area contributed by atoms with Crippen molar-refractivity contribution in [3.63, 3.8) is 0 Å². The first kappa shape index (κ1) is 14.4. The Bertz CT molecular complexity index is 206. The SMILES string of the molecule is [CH2]C[C@H](F)CC(F)(F)C(F)(F)C(F)(F)F. The highest BCUT2D eigenvalue weighted by Crippen LogP contribution is 2.48. The molecule has 0 aromatic heterocycles. The molecule has 0 bridgehead atoms. The highest BCUT2D eigenvalue weighted by Gasteiger charge is 2.72. The van der Waals surface area contributed by atoms with Crippen molar-refractivity contribution in [2.75, 3.05) is 0 Å². The molecular weight excluding hydrogens is 236 g/mol. The summed E-state index contributed by atoms with van der Waals surface area (Å²) in [5.41, 5.74) is 0. The molecule has 0 fully saturated rings. The molecule has 0 nitrogen and oxygen atoms in total. The van der Waals surface area contributed by atoms with Gasteiger partial charge in [0, 0.05) is 6.42 Å². The second-order valence-corrected chi connectivity index (χ2v) is 2.87. The Kier molecular flexibility index (Phi) is 3.98. The van der Waals surface area contributed by atoms with E-state index < -0.39 is 37.0 Å².